The van der Waals surface area contributed by atoms with Gasteiger partial charge in [0.2, 0.25) is 0 Å². The predicted octanol–water partition coefficient (Wildman–Crippen LogP) is 2.98. The molecule has 0 N–H and O–H groups in total. The third-order valence-corrected chi connectivity index (χ3v) is 3.95. The molecule has 2 nitrogen and oxygen atoms in total. The number of fused-ring (bicyclic) bond motifs is 1. The Hall–Kier alpha value is -0.540. The predicted molar refractivity (Wildman–Crippen MR) is 63.2 cm³/mol. The van der Waals surface area contributed by atoms with E-state index in [0.717, 1.165) is 23.2 Å². The van der Waals surface area contributed by atoms with Crippen LogP contribution in [0.25, 0.3) is 0 Å². The highest BCUT2D eigenvalue weighted by atomic mass is 79.9. The first-order valence-electron chi connectivity index (χ1n) is 5.51. The van der Waals surface area contributed by atoms with Gasteiger partial charge < -0.3 is 4.74 Å². The normalized spacial score (nSPS) is 25.3. The Morgan fingerprint density at radius 2 is 2.20 bits per heavy atom. The van der Waals surface area contributed by atoms with Gasteiger partial charge >= 0.3 is 0 Å². The van der Waals surface area contributed by atoms with Gasteiger partial charge in [0.25, 0.3) is 0 Å². The summed E-state index contributed by atoms with van der Waals surface area (Å²) in [6.45, 7) is 3.34. The smallest absolute Gasteiger partial charge is 0.138 e. The minimum Gasteiger partial charge on any atom is -0.492 e. The Bertz CT molecular complexity index is 376. The summed E-state index contributed by atoms with van der Waals surface area (Å²) in [7, 11) is 0. The number of likely N-dealkylation sites (tertiary alicyclic amines) is 1. The number of nitrogens with zero attached hydrogens (tertiary/aromatic N) is 1. The van der Waals surface area contributed by atoms with Crippen LogP contribution in [0.15, 0.2) is 22.7 Å². The zero-order valence-electron chi connectivity index (χ0n) is 8.58. The Morgan fingerprint density at radius 1 is 1.33 bits per heavy atom. The van der Waals surface area contributed by atoms with Gasteiger partial charge in [0.05, 0.1) is 11.1 Å². The highest BCUT2D eigenvalue weighted by Crippen LogP contribution is 2.41. The first-order chi connectivity index (χ1) is 7.36. The van der Waals surface area contributed by atoms with E-state index in [2.05, 4.69) is 39.0 Å². The highest BCUT2D eigenvalue weighted by molar-refractivity contribution is 9.10. The molecule has 1 aromatic carbocycles. The molecule has 2 heterocycles. The maximum absolute atomic E-state index is 5.73. The number of hydrogen-bond acceptors (Lipinski definition) is 2. The van der Waals surface area contributed by atoms with Crippen molar-refractivity contribution in [2.24, 2.45) is 0 Å². The Labute approximate surface area is 98.4 Å². The van der Waals surface area contributed by atoms with Gasteiger partial charge in [-0.15, -0.1) is 0 Å². The van der Waals surface area contributed by atoms with Gasteiger partial charge in [-0.2, -0.15) is 0 Å². The van der Waals surface area contributed by atoms with Crippen molar-refractivity contribution in [1.82, 2.24) is 4.90 Å². The lowest BCUT2D eigenvalue weighted by Gasteiger charge is -2.41. The molecule has 3 rings (SSSR count). The molecule has 0 bridgehead atoms. The highest BCUT2D eigenvalue weighted by Gasteiger charge is 2.30. The van der Waals surface area contributed by atoms with E-state index in [9.17, 15) is 0 Å². The second-order valence-corrected chi connectivity index (χ2v) is 5.05. The molecule has 15 heavy (non-hydrogen) atoms. The summed E-state index contributed by atoms with van der Waals surface area (Å²) in [6.07, 6.45) is 2.48. The zero-order chi connectivity index (χ0) is 10.3. The minimum absolute atomic E-state index is 0.583. The fourth-order valence-corrected chi connectivity index (χ4v) is 2.90. The van der Waals surface area contributed by atoms with Crippen molar-refractivity contribution in [1.29, 1.82) is 0 Å². The second-order valence-electron chi connectivity index (χ2n) is 4.20. The summed E-state index contributed by atoms with van der Waals surface area (Å²) in [5, 5.41) is 0. The molecule has 0 saturated carbocycles. The van der Waals surface area contributed by atoms with Crippen LogP contribution in [0.4, 0.5) is 0 Å². The van der Waals surface area contributed by atoms with E-state index in [1.54, 1.807) is 0 Å². The van der Waals surface area contributed by atoms with Gasteiger partial charge in [-0.1, -0.05) is 12.1 Å². The molecule has 2 aliphatic heterocycles. The van der Waals surface area contributed by atoms with Gasteiger partial charge in [-0.3, -0.25) is 4.90 Å². The number of hydrogen-bond donors (Lipinski definition) is 0. The van der Waals surface area contributed by atoms with E-state index in [-0.39, 0.29) is 0 Å². The molecule has 3 heteroatoms. The second kappa shape index (κ2) is 3.80. The lowest BCUT2D eigenvalue weighted by Crippen LogP contribution is -2.42. The van der Waals surface area contributed by atoms with Gasteiger partial charge in [0.15, 0.2) is 0 Å². The van der Waals surface area contributed by atoms with E-state index in [0.29, 0.717) is 6.04 Å². The molecule has 0 radical (unpaired) electrons. The summed E-state index contributed by atoms with van der Waals surface area (Å²) < 4.78 is 6.82. The maximum atomic E-state index is 5.73. The largest absolute Gasteiger partial charge is 0.492 e. The Morgan fingerprint density at radius 3 is 2.93 bits per heavy atom. The fraction of sp³-hybridized carbons (Fsp3) is 0.500. The minimum atomic E-state index is 0.583. The average Bonchev–Trinajstić information content (AvgIpc) is 2.17. The van der Waals surface area contributed by atoms with Gasteiger partial charge in [-0.05, 0) is 41.5 Å². The third kappa shape index (κ3) is 1.58. The number of rotatable bonds is 1. The van der Waals surface area contributed by atoms with E-state index in [1.807, 2.05) is 0 Å². The average molecular weight is 268 g/mol. The van der Waals surface area contributed by atoms with Crippen molar-refractivity contribution in [3.05, 3.63) is 28.2 Å². The summed E-state index contributed by atoms with van der Waals surface area (Å²) >= 11 is 3.56. The van der Waals surface area contributed by atoms with Crippen LogP contribution in [0.3, 0.4) is 0 Å². The summed E-state index contributed by atoms with van der Waals surface area (Å²) in [6, 6.07) is 6.93. The molecule has 1 unspecified atom stereocenters. The van der Waals surface area contributed by atoms with Crippen LogP contribution < -0.4 is 4.74 Å². The summed E-state index contributed by atoms with van der Waals surface area (Å²) in [5.74, 6) is 1.06. The molecule has 1 fully saturated rings. The topological polar surface area (TPSA) is 12.5 Å². The van der Waals surface area contributed by atoms with Gasteiger partial charge in [0, 0.05) is 18.0 Å². The van der Waals surface area contributed by atoms with Crippen LogP contribution in [0.5, 0.6) is 5.75 Å². The van der Waals surface area contributed by atoms with Crippen molar-refractivity contribution in [3.63, 3.8) is 0 Å². The maximum Gasteiger partial charge on any atom is 0.138 e. The Kier molecular flexibility index (Phi) is 2.45. The number of benzene rings is 1. The number of para-hydroxylation sites is 1. The van der Waals surface area contributed by atoms with Crippen LogP contribution in [0.1, 0.15) is 24.4 Å². The molecule has 0 amide bonds. The molecular weight excluding hydrogens is 254 g/mol. The fourth-order valence-electron chi connectivity index (χ4n) is 2.40. The molecule has 0 aromatic heterocycles. The monoisotopic (exact) mass is 267 g/mol. The summed E-state index contributed by atoms with van der Waals surface area (Å²) in [4.78, 5) is 2.55. The third-order valence-electron chi connectivity index (χ3n) is 3.33. The molecule has 2 aliphatic rings. The van der Waals surface area contributed by atoms with Crippen molar-refractivity contribution < 1.29 is 4.74 Å². The molecule has 0 aliphatic carbocycles. The van der Waals surface area contributed by atoms with E-state index in [1.165, 1.54) is 25.1 Å². The number of halogens is 1. The molecular formula is C12H14BrNO. The zero-order valence-corrected chi connectivity index (χ0v) is 10.2. The van der Waals surface area contributed by atoms with Crippen molar-refractivity contribution in [2.75, 3.05) is 19.7 Å². The lowest BCUT2D eigenvalue weighted by atomic mass is 9.96. The molecule has 1 aromatic rings. The quantitative estimate of drug-likeness (QED) is 0.776. The van der Waals surface area contributed by atoms with Crippen molar-refractivity contribution in [3.8, 4) is 5.75 Å². The molecule has 80 valence electrons. The van der Waals surface area contributed by atoms with Crippen LogP contribution >= 0.6 is 15.9 Å². The van der Waals surface area contributed by atoms with Gasteiger partial charge in [0.1, 0.15) is 5.75 Å². The standard InChI is InChI=1S/C12H14BrNO/c13-10-4-1-3-9-11(14-6-2-7-14)5-8-15-12(9)10/h1,3-4,11H,2,5-8H2. The van der Waals surface area contributed by atoms with E-state index in [4.69, 9.17) is 4.74 Å². The Balaban J connectivity index is 1.98. The van der Waals surface area contributed by atoms with E-state index >= 15 is 0 Å². The molecule has 1 saturated heterocycles. The number of ether oxygens (including phenoxy) is 1. The van der Waals surface area contributed by atoms with Crippen molar-refractivity contribution in [2.45, 2.75) is 18.9 Å². The first-order valence-corrected chi connectivity index (χ1v) is 6.31. The van der Waals surface area contributed by atoms with Crippen LogP contribution in [-0.4, -0.2) is 24.6 Å². The van der Waals surface area contributed by atoms with Crippen LogP contribution in [0, 0.1) is 0 Å². The van der Waals surface area contributed by atoms with Crippen LogP contribution in [0.2, 0.25) is 0 Å². The SMILES string of the molecule is Brc1cccc2c1OCCC2N1CCC1. The summed E-state index contributed by atoms with van der Waals surface area (Å²) in [5.41, 5.74) is 1.36. The molecule has 0 spiro atoms. The van der Waals surface area contributed by atoms with Crippen LogP contribution in [-0.2, 0) is 0 Å². The molecule has 1 atom stereocenters. The van der Waals surface area contributed by atoms with Gasteiger partial charge in [-0.25, -0.2) is 0 Å². The first kappa shape index (κ1) is 9.67. The lowest BCUT2D eigenvalue weighted by molar-refractivity contribution is 0.0839. The van der Waals surface area contributed by atoms with E-state index < -0.39 is 0 Å². The van der Waals surface area contributed by atoms with Crippen molar-refractivity contribution >= 4 is 15.9 Å².